The standard InChI is InChI=1S/C22H18F5N5O3/c1-4-12-5-13(7-28)16(23)15(6-12)35-17-18(22(26,27)21(24)25)29-9-32(20(17)34)8-14-10(2)30-11(3)31-19(14)33/h5-6,9,21H,4,8H2,1-3H3,(H,30,31,33). The fraction of sp³-hybridized carbons (Fsp3) is 0.318. The number of aryl methyl sites for hydroxylation is 3. The van der Waals surface area contributed by atoms with E-state index in [1.807, 2.05) is 0 Å². The van der Waals surface area contributed by atoms with Gasteiger partial charge in [-0.15, -0.1) is 0 Å². The van der Waals surface area contributed by atoms with Gasteiger partial charge in [0.1, 0.15) is 11.9 Å². The van der Waals surface area contributed by atoms with Crippen molar-refractivity contribution in [2.75, 3.05) is 0 Å². The molecule has 1 N–H and O–H groups in total. The number of hydrogen-bond acceptors (Lipinski definition) is 6. The quantitative estimate of drug-likeness (QED) is 0.500. The zero-order valence-electron chi connectivity index (χ0n) is 18.6. The van der Waals surface area contributed by atoms with E-state index in [9.17, 15) is 31.5 Å². The molecule has 0 aliphatic carbocycles. The molecule has 2 aromatic heterocycles. The van der Waals surface area contributed by atoms with Gasteiger partial charge in [-0.05, 0) is 38.0 Å². The molecule has 2 heterocycles. The number of aromatic amines is 1. The number of benzene rings is 1. The van der Waals surface area contributed by atoms with Crippen molar-refractivity contribution in [2.45, 2.75) is 46.1 Å². The highest BCUT2D eigenvalue weighted by Gasteiger charge is 2.48. The predicted molar refractivity (Wildman–Crippen MR) is 112 cm³/mol. The van der Waals surface area contributed by atoms with E-state index in [1.54, 1.807) is 13.0 Å². The number of aromatic nitrogens is 4. The number of hydrogen-bond donors (Lipinski definition) is 1. The van der Waals surface area contributed by atoms with Crippen LogP contribution in [0.15, 0.2) is 28.0 Å². The number of H-pyrrole nitrogens is 1. The van der Waals surface area contributed by atoms with Crippen molar-refractivity contribution < 1.29 is 26.7 Å². The minimum absolute atomic E-state index is 0.0234. The van der Waals surface area contributed by atoms with Gasteiger partial charge in [0, 0.05) is 5.69 Å². The summed E-state index contributed by atoms with van der Waals surface area (Å²) < 4.78 is 75.3. The molecule has 0 unspecified atom stereocenters. The van der Waals surface area contributed by atoms with Gasteiger partial charge in [0.05, 0.1) is 24.0 Å². The summed E-state index contributed by atoms with van der Waals surface area (Å²) in [6.45, 7) is 4.13. The molecule has 0 fully saturated rings. The van der Waals surface area contributed by atoms with E-state index >= 15 is 0 Å². The van der Waals surface area contributed by atoms with E-state index in [-0.39, 0.29) is 23.5 Å². The molecule has 184 valence electrons. The topological polar surface area (TPSA) is 114 Å². The van der Waals surface area contributed by atoms with Crippen molar-refractivity contribution in [1.82, 2.24) is 19.5 Å². The van der Waals surface area contributed by atoms with Crippen LogP contribution in [0.4, 0.5) is 22.0 Å². The fourth-order valence-electron chi connectivity index (χ4n) is 3.25. The number of nitriles is 1. The zero-order chi connectivity index (χ0) is 26.1. The van der Waals surface area contributed by atoms with Gasteiger partial charge in [-0.25, -0.2) is 23.1 Å². The van der Waals surface area contributed by atoms with Gasteiger partial charge < -0.3 is 9.72 Å². The van der Waals surface area contributed by atoms with Gasteiger partial charge in [-0.3, -0.25) is 14.2 Å². The largest absolute Gasteiger partial charge is 0.446 e. The van der Waals surface area contributed by atoms with Gasteiger partial charge in [-0.2, -0.15) is 14.0 Å². The minimum atomic E-state index is -4.93. The first-order chi connectivity index (χ1) is 16.4. The molecule has 0 aliphatic rings. The van der Waals surface area contributed by atoms with Gasteiger partial charge in [0.25, 0.3) is 11.1 Å². The van der Waals surface area contributed by atoms with E-state index in [0.717, 1.165) is 6.07 Å². The van der Waals surface area contributed by atoms with Crippen LogP contribution in [0, 0.1) is 31.0 Å². The normalized spacial score (nSPS) is 11.5. The average molecular weight is 495 g/mol. The number of alkyl halides is 4. The number of nitrogens with zero attached hydrogens (tertiary/aromatic N) is 4. The number of nitrogens with one attached hydrogen (secondary N) is 1. The highest BCUT2D eigenvalue weighted by atomic mass is 19.3. The van der Waals surface area contributed by atoms with Crippen LogP contribution in [0.25, 0.3) is 0 Å². The van der Waals surface area contributed by atoms with Crippen molar-refractivity contribution in [2.24, 2.45) is 0 Å². The van der Waals surface area contributed by atoms with Crippen LogP contribution in [0.3, 0.4) is 0 Å². The summed E-state index contributed by atoms with van der Waals surface area (Å²) in [5.41, 5.74) is -3.66. The number of rotatable bonds is 7. The van der Waals surface area contributed by atoms with Crippen LogP contribution in [0.1, 0.15) is 40.8 Å². The second-order valence-electron chi connectivity index (χ2n) is 7.52. The Hall–Kier alpha value is -4.08. The highest BCUT2D eigenvalue weighted by molar-refractivity contribution is 5.45. The van der Waals surface area contributed by atoms with Crippen molar-refractivity contribution in [3.8, 4) is 17.6 Å². The Morgan fingerprint density at radius 1 is 1.26 bits per heavy atom. The molecule has 0 radical (unpaired) electrons. The first-order valence-corrected chi connectivity index (χ1v) is 10.1. The lowest BCUT2D eigenvalue weighted by atomic mass is 10.1. The Morgan fingerprint density at radius 2 is 1.94 bits per heavy atom. The van der Waals surface area contributed by atoms with Crippen molar-refractivity contribution in [3.63, 3.8) is 0 Å². The maximum atomic E-state index is 14.7. The number of ether oxygens (including phenoxy) is 1. The molecule has 0 bridgehead atoms. The molecule has 0 saturated heterocycles. The van der Waals surface area contributed by atoms with Gasteiger partial charge >= 0.3 is 12.3 Å². The molecule has 0 spiro atoms. The Balaban J connectivity index is 2.24. The molecule has 13 heteroatoms. The van der Waals surface area contributed by atoms with E-state index in [1.165, 1.54) is 19.9 Å². The van der Waals surface area contributed by atoms with Crippen LogP contribution in [-0.4, -0.2) is 25.9 Å². The monoisotopic (exact) mass is 495 g/mol. The first kappa shape index (κ1) is 25.5. The van der Waals surface area contributed by atoms with Crippen molar-refractivity contribution in [3.05, 3.63) is 78.9 Å². The summed E-state index contributed by atoms with van der Waals surface area (Å²) in [7, 11) is 0. The van der Waals surface area contributed by atoms with Crippen LogP contribution < -0.4 is 15.9 Å². The molecule has 35 heavy (non-hydrogen) atoms. The molecule has 3 aromatic rings. The molecule has 3 rings (SSSR count). The van der Waals surface area contributed by atoms with Crippen molar-refractivity contribution in [1.29, 1.82) is 5.26 Å². The molecule has 0 amide bonds. The van der Waals surface area contributed by atoms with Gasteiger partial charge in [0.15, 0.2) is 17.3 Å². The first-order valence-electron chi connectivity index (χ1n) is 10.1. The summed E-state index contributed by atoms with van der Waals surface area (Å²) >= 11 is 0. The van der Waals surface area contributed by atoms with Crippen molar-refractivity contribution >= 4 is 0 Å². The Kier molecular flexibility index (Phi) is 7.04. The molecule has 1 aromatic carbocycles. The molecule has 0 saturated carbocycles. The van der Waals surface area contributed by atoms with E-state index in [2.05, 4.69) is 15.0 Å². The molecular weight excluding hydrogens is 477 g/mol. The molecule has 8 nitrogen and oxygen atoms in total. The molecular formula is C22H18F5N5O3. The van der Waals surface area contributed by atoms with Crippen LogP contribution in [0.2, 0.25) is 0 Å². The third-order valence-corrected chi connectivity index (χ3v) is 5.10. The highest BCUT2D eigenvalue weighted by Crippen LogP contribution is 2.39. The third kappa shape index (κ3) is 4.91. The van der Waals surface area contributed by atoms with Crippen LogP contribution >= 0.6 is 0 Å². The fourth-order valence-corrected chi connectivity index (χ4v) is 3.25. The molecule has 0 atom stereocenters. The maximum Gasteiger partial charge on any atom is 0.352 e. The van der Waals surface area contributed by atoms with E-state index in [4.69, 9.17) is 10.00 Å². The summed E-state index contributed by atoms with van der Waals surface area (Å²) in [6.07, 6.45) is -3.43. The lowest BCUT2D eigenvalue weighted by molar-refractivity contribution is -0.139. The van der Waals surface area contributed by atoms with Crippen LogP contribution in [-0.2, 0) is 18.9 Å². The zero-order valence-corrected chi connectivity index (χ0v) is 18.6. The van der Waals surface area contributed by atoms with Gasteiger partial charge in [0.2, 0.25) is 5.75 Å². The Labute approximate surface area is 194 Å². The summed E-state index contributed by atoms with van der Waals surface area (Å²) in [5.74, 6) is -8.08. The SMILES string of the molecule is CCc1cc(C#N)c(F)c(Oc2c(C(F)(F)C(F)F)ncn(Cc3c(C)nc(C)[nH]c3=O)c2=O)c1. The smallest absolute Gasteiger partial charge is 0.352 e. The lowest BCUT2D eigenvalue weighted by Crippen LogP contribution is -2.33. The second kappa shape index (κ2) is 9.65. The minimum Gasteiger partial charge on any atom is -0.446 e. The summed E-state index contributed by atoms with van der Waals surface area (Å²) in [4.78, 5) is 35.2. The summed E-state index contributed by atoms with van der Waals surface area (Å²) in [5, 5.41) is 9.14. The van der Waals surface area contributed by atoms with Crippen LogP contribution in [0.5, 0.6) is 11.5 Å². The van der Waals surface area contributed by atoms with E-state index in [0.29, 0.717) is 16.5 Å². The second-order valence-corrected chi connectivity index (χ2v) is 7.52. The van der Waals surface area contributed by atoms with E-state index < -0.39 is 58.6 Å². The Bertz CT molecular complexity index is 1440. The number of halogens is 5. The average Bonchev–Trinajstić information content (AvgIpc) is 2.79. The van der Waals surface area contributed by atoms with Gasteiger partial charge in [-0.1, -0.05) is 6.92 Å². The predicted octanol–water partition coefficient (Wildman–Crippen LogP) is 3.71. The third-order valence-electron chi connectivity index (χ3n) is 5.10. The maximum absolute atomic E-state index is 14.7. The summed E-state index contributed by atoms with van der Waals surface area (Å²) in [6, 6.07) is 3.81. The molecule has 0 aliphatic heterocycles. The lowest BCUT2D eigenvalue weighted by Gasteiger charge is -2.19. The Morgan fingerprint density at radius 3 is 2.51 bits per heavy atom.